The van der Waals surface area contributed by atoms with Crippen molar-refractivity contribution in [3.05, 3.63) is 69.8 Å². The molecule has 2 aliphatic rings. The molecule has 0 spiro atoms. The Kier molecular flexibility index (Phi) is 8.00. The molecule has 2 aliphatic heterocycles. The Morgan fingerprint density at radius 2 is 1.86 bits per heavy atom. The van der Waals surface area contributed by atoms with Crippen LogP contribution in [0.25, 0.3) is 22.0 Å². The molecule has 2 aromatic carbocycles. The Morgan fingerprint density at radius 1 is 1.05 bits per heavy atom. The van der Waals surface area contributed by atoms with Crippen LogP contribution in [0, 0.1) is 6.92 Å². The molecule has 0 atom stereocenters. The molecule has 1 N–H and O–H groups in total. The van der Waals surface area contributed by atoms with Crippen LogP contribution in [0.3, 0.4) is 0 Å². The quantitative estimate of drug-likeness (QED) is 0.317. The fourth-order valence-corrected chi connectivity index (χ4v) is 6.36. The van der Waals surface area contributed by atoms with Crippen LogP contribution in [0.15, 0.2) is 47.5 Å². The molecule has 6 rings (SSSR count). The molecule has 0 radical (unpaired) electrons. The zero-order valence-corrected chi connectivity index (χ0v) is 24.5. The first-order valence-electron chi connectivity index (χ1n) is 14.7. The van der Waals surface area contributed by atoms with Gasteiger partial charge < -0.3 is 24.4 Å². The number of benzene rings is 2. The number of methoxy groups -OCH3 is 1. The number of nitrogens with one attached hydrogen (secondary N) is 1. The first kappa shape index (κ1) is 28.4. The number of halogens is 2. The van der Waals surface area contributed by atoms with Crippen LogP contribution in [0.2, 0.25) is 0 Å². The number of alkyl halides is 2. The number of pyridine rings is 1. The van der Waals surface area contributed by atoms with E-state index in [4.69, 9.17) is 4.74 Å². The van der Waals surface area contributed by atoms with Crippen molar-refractivity contribution >= 4 is 22.3 Å². The molecule has 1 fully saturated rings. The Labute approximate surface area is 244 Å². The Morgan fingerprint density at radius 3 is 2.62 bits per heavy atom. The van der Waals surface area contributed by atoms with E-state index < -0.39 is 6.43 Å². The summed E-state index contributed by atoms with van der Waals surface area (Å²) in [6, 6.07) is 9.24. The lowest BCUT2D eigenvalue weighted by atomic mass is 9.92. The largest absolute Gasteiger partial charge is 0.497 e. The number of aryl methyl sites for hydroxylation is 4. The number of hydrogen-bond donors (Lipinski definition) is 1. The van der Waals surface area contributed by atoms with Gasteiger partial charge in [0.2, 0.25) is 0 Å². The molecule has 222 valence electrons. The summed E-state index contributed by atoms with van der Waals surface area (Å²) in [5, 5.41) is 8.77. The van der Waals surface area contributed by atoms with E-state index in [9.17, 15) is 13.6 Å². The van der Waals surface area contributed by atoms with Crippen LogP contribution in [-0.4, -0.2) is 65.6 Å². The number of piperazine rings is 1. The van der Waals surface area contributed by atoms with Crippen molar-refractivity contribution in [2.75, 3.05) is 51.3 Å². The molecular formula is C32H38F2N6O2. The third-order valence-electron chi connectivity index (χ3n) is 8.62. The minimum absolute atomic E-state index is 0.00296. The summed E-state index contributed by atoms with van der Waals surface area (Å²) in [5.41, 5.74) is 5.16. The lowest BCUT2D eigenvalue weighted by molar-refractivity contribution is 0.152. The number of aromatic nitrogens is 3. The summed E-state index contributed by atoms with van der Waals surface area (Å²) in [6.07, 6.45) is 3.58. The minimum Gasteiger partial charge on any atom is -0.497 e. The normalized spacial score (nSPS) is 15.9. The van der Waals surface area contributed by atoms with Crippen molar-refractivity contribution in [3.8, 4) is 16.9 Å². The maximum absolute atomic E-state index is 14.6. The molecule has 42 heavy (non-hydrogen) atoms. The van der Waals surface area contributed by atoms with Gasteiger partial charge in [-0.2, -0.15) is 5.10 Å². The van der Waals surface area contributed by atoms with Gasteiger partial charge in [-0.05, 0) is 62.1 Å². The third kappa shape index (κ3) is 5.41. The summed E-state index contributed by atoms with van der Waals surface area (Å²) in [5.74, 6) is 0.610. The topological polar surface area (TPSA) is 67.6 Å². The second-order valence-electron chi connectivity index (χ2n) is 11.3. The molecule has 0 bridgehead atoms. The van der Waals surface area contributed by atoms with E-state index in [1.165, 1.54) is 0 Å². The Hall–Kier alpha value is -3.76. The second-order valence-corrected chi connectivity index (χ2v) is 11.3. The monoisotopic (exact) mass is 576 g/mol. The fraction of sp³-hybridized carbons (Fsp3) is 0.438. The summed E-state index contributed by atoms with van der Waals surface area (Å²) >= 11 is 0. The smallest absolute Gasteiger partial charge is 0.264 e. The van der Waals surface area contributed by atoms with Crippen molar-refractivity contribution in [3.63, 3.8) is 0 Å². The predicted molar refractivity (Wildman–Crippen MR) is 162 cm³/mol. The SMILES string of the molecule is COc1cc(N2CCCc3cc(-c4cnn(CCCN5CCNCC5)c4)c(C(F)F)cc32)c2cc(C)c(=O)n(C)c2c1. The maximum Gasteiger partial charge on any atom is 0.264 e. The zero-order chi connectivity index (χ0) is 29.4. The highest BCUT2D eigenvalue weighted by atomic mass is 19.3. The molecule has 2 aromatic heterocycles. The van der Waals surface area contributed by atoms with Crippen LogP contribution in [0.5, 0.6) is 5.75 Å². The van der Waals surface area contributed by atoms with Gasteiger partial charge in [0.15, 0.2) is 0 Å². The average Bonchev–Trinajstić information content (AvgIpc) is 3.48. The van der Waals surface area contributed by atoms with E-state index in [-0.39, 0.29) is 11.1 Å². The zero-order valence-electron chi connectivity index (χ0n) is 24.5. The van der Waals surface area contributed by atoms with E-state index in [0.717, 1.165) is 86.4 Å². The number of hydrogen-bond acceptors (Lipinski definition) is 6. The van der Waals surface area contributed by atoms with Gasteiger partial charge in [-0.25, -0.2) is 8.78 Å². The molecule has 4 aromatic rings. The summed E-state index contributed by atoms with van der Waals surface area (Å²) < 4.78 is 38.4. The van der Waals surface area contributed by atoms with Crippen LogP contribution in [0.4, 0.5) is 20.2 Å². The second kappa shape index (κ2) is 11.9. The predicted octanol–water partition coefficient (Wildman–Crippen LogP) is 5.04. The first-order valence-corrected chi connectivity index (χ1v) is 14.7. The Bertz CT molecular complexity index is 1660. The van der Waals surface area contributed by atoms with Gasteiger partial charge >= 0.3 is 0 Å². The van der Waals surface area contributed by atoms with E-state index in [1.807, 2.05) is 35.1 Å². The number of rotatable bonds is 8. The highest BCUT2D eigenvalue weighted by molar-refractivity contribution is 5.96. The first-order chi connectivity index (χ1) is 20.3. The number of ether oxygens (including phenoxy) is 1. The van der Waals surface area contributed by atoms with Gasteiger partial charge in [-0.3, -0.25) is 9.48 Å². The van der Waals surface area contributed by atoms with Crippen molar-refractivity contribution in [1.29, 1.82) is 0 Å². The van der Waals surface area contributed by atoms with Crippen LogP contribution in [-0.2, 0) is 20.0 Å². The lowest BCUT2D eigenvalue weighted by Crippen LogP contribution is -2.43. The van der Waals surface area contributed by atoms with Gasteiger partial charge in [0.25, 0.3) is 12.0 Å². The van der Waals surface area contributed by atoms with Gasteiger partial charge in [0.05, 0.1) is 24.5 Å². The lowest BCUT2D eigenvalue weighted by Gasteiger charge is -2.34. The van der Waals surface area contributed by atoms with Gasteiger partial charge in [0.1, 0.15) is 5.75 Å². The van der Waals surface area contributed by atoms with Crippen molar-refractivity contribution in [2.24, 2.45) is 7.05 Å². The Balaban J connectivity index is 1.35. The molecule has 0 amide bonds. The van der Waals surface area contributed by atoms with Gasteiger partial charge in [0, 0.05) is 92.4 Å². The molecular weight excluding hydrogens is 538 g/mol. The molecule has 0 unspecified atom stereocenters. The standard InChI is InChI=1S/C32H38F2N6O2/c1-21-14-27-29(37(2)32(21)41)16-24(42-3)17-30(27)40-11-4-6-22-15-25(26(31(33)34)18-28(22)40)23-19-36-39(20-23)10-5-9-38-12-7-35-8-13-38/h14-20,31,35H,4-13H2,1-3H3. The van der Waals surface area contributed by atoms with E-state index in [1.54, 1.807) is 37.9 Å². The molecule has 8 nitrogen and oxygen atoms in total. The highest BCUT2D eigenvalue weighted by Crippen LogP contribution is 2.43. The van der Waals surface area contributed by atoms with Gasteiger partial charge in [-0.1, -0.05) is 0 Å². The van der Waals surface area contributed by atoms with Crippen molar-refractivity contribution in [1.82, 2.24) is 24.6 Å². The van der Waals surface area contributed by atoms with E-state index >= 15 is 0 Å². The number of nitrogens with zero attached hydrogens (tertiary/aromatic N) is 5. The summed E-state index contributed by atoms with van der Waals surface area (Å²) in [7, 11) is 3.34. The maximum atomic E-state index is 14.6. The van der Waals surface area contributed by atoms with Crippen LogP contribution >= 0.6 is 0 Å². The highest BCUT2D eigenvalue weighted by Gasteiger charge is 2.26. The summed E-state index contributed by atoms with van der Waals surface area (Å²) in [4.78, 5) is 17.2. The van der Waals surface area contributed by atoms with E-state index in [0.29, 0.717) is 29.0 Å². The molecule has 0 aliphatic carbocycles. The number of anilines is 2. The van der Waals surface area contributed by atoms with Crippen molar-refractivity contribution < 1.29 is 13.5 Å². The molecule has 1 saturated heterocycles. The average molecular weight is 577 g/mol. The molecule has 10 heteroatoms. The van der Waals surface area contributed by atoms with Crippen molar-refractivity contribution in [2.45, 2.75) is 39.2 Å². The van der Waals surface area contributed by atoms with Gasteiger partial charge in [-0.15, -0.1) is 0 Å². The third-order valence-corrected chi connectivity index (χ3v) is 8.62. The van der Waals surface area contributed by atoms with E-state index in [2.05, 4.69) is 20.2 Å². The molecule has 0 saturated carbocycles. The summed E-state index contributed by atoms with van der Waals surface area (Å²) in [6.45, 7) is 8.36. The number of fused-ring (bicyclic) bond motifs is 2. The van der Waals surface area contributed by atoms with Crippen LogP contribution in [0.1, 0.15) is 36.0 Å². The fourth-order valence-electron chi connectivity index (χ4n) is 6.36. The van der Waals surface area contributed by atoms with Crippen LogP contribution < -0.4 is 20.5 Å². The minimum atomic E-state index is -2.64. The molecule has 4 heterocycles.